The lowest BCUT2D eigenvalue weighted by molar-refractivity contribution is -0.386. The van der Waals surface area contributed by atoms with Crippen LogP contribution >= 0.6 is 0 Å². The summed E-state index contributed by atoms with van der Waals surface area (Å²) < 4.78 is 26.1. The number of carbonyl (C=O) groups is 5. The number of ether oxygens (including phenoxy) is 5. The number of nitro groups is 2. The Bertz CT molecular complexity index is 1760. The number of hydrogen-bond acceptors (Lipinski definition) is 14. The van der Waals surface area contributed by atoms with Gasteiger partial charge in [0.05, 0.1) is 40.7 Å². The first kappa shape index (κ1) is 40.6. The second kappa shape index (κ2) is 18.9. The molecule has 270 valence electrons. The van der Waals surface area contributed by atoms with Crippen molar-refractivity contribution in [3.63, 3.8) is 0 Å². The molecule has 0 saturated heterocycles. The van der Waals surface area contributed by atoms with Gasteiger partial charge in [-0.15, -0.1) is 12.8 Å². The van der Waals surface area contributed by atoms with E-state index in [0.717, 1.165) is 12.1 Å². The molecule has 2 unspecified atom stereocenters. The van der Waals surface area contributed by atoms with Crippen molar-refractivity contribution in [1.29, 1.82) is 0 Å². The van der Waals surface area contributed by atoms with Crippen LogP contribution in [0.2, 0.25) is 0 Å². The fourth-order valence-corrected chi connectivity index (χ4v) is 4.14. The van der Waals surface area contributed by atoms with Gasteiger partial charge in [0.25, 0.3) is 23.2 Å². The van der Waals surface area contributed by atoms with Crippen molar-refractivity contribution in [2.45, 2.75) is 58.7 Å². The lowest BCUT2D eigenvalue weighted by Gasteiger charge is -2.32. The van der Waals surface area contributed by atoms with Crippen molar-refractivity contribution in [2.75, 3.05) is 19.7 Å². The van der Waals surface area contributed by atoms with Crippen LogP contribution in [0.5, 0.6) is 0 Å². The Morgan fingerprint density at radius 2 is 1.27 bits per heavy atom. The lowest BCUT2D eigenvalue weighted by Crippen LogP contribution is -2.50. The summed E-state index contributed by atoms with van der Waals surface area (Å²) in [5.41, 5.74) is -3.22. The minimum atomic E-state index is -1.88. The maximum absolute atomic E-state index is 12.9. The minimum absolute atomic E-state index is 0.0565. The third kappa shape index (κ3) is 11.8. The fraction of sp³-hybridized carbons (Fsp3) is 0.364. The van der Waals surface area contributed by atoms with Crippen molar-refractivity contribution < 1.29 is 57.5 Å². The summed E-state index contributed by atoms with van der Waals surface area (Å²) in [4.78, 5) is 84.4. The van der Waals surface area contributed by atoms with Gasteiger partial charge in [0.2, 0.25) is 0 Å². The van der Waals surface area contributed by atoms with Gasteiger partial charge in [-0.1, -0.05) is 11.8 Å². The Balaban J connectivity index is 2.14. The second-order valence-electron chi connectivity index (χ2n) is 10.7. The first-order valence-electron chi connectivity index (χ1n) is 14.9. The number of nitrogens with zero attached hydrogens (tertiary/aromatic N) is 2. The van der Waals surface area contributed by atoms with Gasteiger partial charge in [-0.2, -0.15) is 0 Å². The van der Waals surface area contributed by atoms with Crippen LogP contribution in [0.3, 0.4) is 0 Å². The highest BCUT2D eigenvalue weighted by molar-refractivity contribution is 5.95. The summed E-state index contributed by atoms with van der Waals surface area (Å²) in [6, 6.07) is 6.89. The normalized spacial score (nSPS) is 11.7. The molecule has 0 aliphatic carbocycles. The second-order valence-corrected chi connectivity index (χ2v) is 10.7. The monoisotopic (exact) mass is 710 g/mol. The molecule has 2 aromatic carbocycles. The molecule has 0 heterocycles. The third-order valence-corrected chi connectivity index (χ3v) is 6.66. The zero-order valence-corrected chi connectivity index (χ0v) is 27.9. The maximum atomic E-state index is 12.9. The van der Waals surface area contributed by atoms with Gasteiger partial charge < -0.3 is 34.3 Å². The third-order valence-electron chi connectivity index (χ3n) is 6.66. The van der Waals surface area contributed by atoms with Crippen molar-refractivity contribution in [1.82, 2.24) is 10.6 Å². The number of nitrogens with one attached hydrogen (secondary N) is 2. The maximum Gasteiger partial charge on any atom is 0.509 e. The minimum Gasteiger partial charge on any atom is -0.464 e. The summed E-state index contributed by atoms with van der Waals surface area (Å²) in [5, 5.41) is 28.0. The summed E-state index contributed by atoms with van der Waals surface area (Å²) in [5.74, 6) is 0.970. The highest BCUT2D eigenvalue weighted by Crippen LogP contribution is 2.26. The molecule has 0 saturated carbocycles. The average molecular weight is 711 g/mol. The Labute approximate surface area is 291 Å². The van der Waals surface area contributed by atoms with Crippen LogP contribution in [-0.4, -0.2) is 77.3 Å². The highest BCUT2D eigenvalue weighted by Gasteiger charge is 2.44. The molecule has 2 aromatic rings. The Hall–Kier alpha value is -6.53. The number of terminal acetylenes is 2. The standard InChI is InChI=1S/C33H34N4O14/c1-7-14-34-28(38)21-10-12-23(25(16-21)36(43)44)18-48-30(40)20(4)50-27(31(41)47-9-3)33(5,6)51-32(42)49-19-24-13-11-22(17-26(24)37(45)46)29(39)35-15-8-2/h1-2,10-13,16-17,20,27H,9,14-15,18-19H2,3-6H3,(H,34,38)(H,35,39). The van der Waals surface area contributed by atoms with Crippen molar-refractivity contribution in [3.8, 4) is 24.7 Å². The molecule has 2 atom stereocenters. The summed E-state index contributed by atoms with van der Waals surface area (Å²) >= 11 is 0. The number of nitro benzene ring substituents is 2. The van der Waals surface area contributed by atoms with Crippen LogP contribution in [0.4, 0.5) is 16.2 Å². The van der Waals surface area contributed by atoms with Crippen LogP contribution in [0.15, 0.2) is 36.4 Å². The first-order valence-corrected chi connectivity index (χ1v) is 14.9. The van der Waals surface area contributed by atoms with Gasteiger partial charge in [0, 0.05) is 23.3 Å². The van der Waals surface area contributed by atoms with E-state index in [9.17, 15) is 44.2 Å². The van der Waals surface area contributed by atoms with Gasteiger partial charge in [0.15, 0.2) is 12.2 Å². The molecule has 2 rings (SSSR count). The first-order chi connectivity index (χ1) is 24.1. The summed E-state index contributed by atoms with van der Waals surface area (Å²) in [7, 11) is 0. The van der Waals surface area contributed by atoms with Crippen LogP contribution < -0.4 is 10.6 Å². The quantitative estimate of drug-likeness (QED) is 0.0789. The molecule has 0 aromatic heterocycles. The number of benzene rings is 2. The van der Waals surface area contributed by atoms with Gasteiger partial charge >= 0.3 is 18.1 Å². The lowest BCUT2D eigenvalue weighted by atomic mass is 10.0. The predicted molar refractivity (Wildman–Crippen MR) is 175 cm³/mol. The Kier molecular flexibility index (Phi) is 15.0. The van der Waals surface area contributed by atoms with E-state index in [1.807, 2.05) is 0 Å². The molecule has 18 nitrogen and oxygen atoms in total. The highest BCUT2D eigenvalue weighted by atomic mass is 16.7. The van der Waals surface area contributed by atoms with E-state index in [-0.39, 0.29) is 42.0 Å². The molecular weight excluding hydrogens is 676 g/mol. The largest absolute Gasteiger partial charge is 0.509 e. The van der Waals surface area contributed by atoms with E-state index in [4.69, 9.17) is 36.5 Å². The van der Waals surface area contributed by atoms with Gasteiger partial charge in [-0.25, -0.2) is 14.4 Å². The van der Waals surface area contributed by atoms with Crippen molar-refractivity contribution >= 4 is 41.3 Å². The van der Waals surface area contributed by atoms with Crippen LogP contribution in [0, 0.1) is 44.9 Å². The van der Waals surface area contributed by atoms with Gasteiger partial charge in [0.1, 0.15) is 18.8 Å². The summed E-state index contributed by atoms with van der Waals surface area (Å²) in [6.07, 6.45) is 5.54. The zero-order valence-electron chi connectivity index (χ0n) is 27.9. The van der Waals surface area contributed by atoms with E-state index < -0.39 is 82.2 Å². The van der Waals surface area contributed by atoms with E-state index in [0.29, 0.717) is 0 Å². The summed E-state index contributed by atoms with van der Waals surface area (Å²) in [6.45, 7) is 3.55. The van der Waals surface area contributed by atoms with Gasteiger partial charge in [-0.05, 0) is 52.0 Å². The van der Waals surface area contributed by atoms with Crippen molar-refractivity contribution in [2.24, 2.45) is 0 Å². The van der Waals surface area contributed by atoms with E-state index in [2.05, 4.69) is 22.5 Å². The SMILES string of the molecule is C#CCNC(=O)c1ccc(COC(=O)OC(C)(C)C(OC(C)C(=O)OCc2ccc(C(=O)NCC#C)cc2[N+](=O)[O-])C(=O)OCC)c([N+](=O)[O-])c1. The van der Waals surface area contributed by atoms with Crippen LogP contribution in [-0.2, 0) is 46.5 Å². The van der Waals surface area contributed by atoms with E-state index >= 15 is 0 Å². The smallest absolute Gasteiger partial charge is 0.464 e. The molecule has 0 radical (unpaired) electrons. The molecular formula is C33H34N4O14. The number of hydrogen-bond donors (Lipinski definition) is 2. The Morgan fingerprint density at radius 1 is 0.804 bits per heavy atom. The topological polar surface area (TPSA) is 242 Å². The van der Waals surface area contributed by atoms with Crippen LogP contribution in [0.25, 0.3) is 0 Å². The number of carbonyl (C=O) groups excluding carboxylic acids is 5. The molecule has 0 bridgehead atoms. The number of esters is 2. The van der Waals surface area contributed by atoms with E-state index in [1.165, 1.54) is 52.0 Å². The number of rotatable bonds is 17. The Morgan fingerprint density at radius 3 is 1.71 bits per heavy atom. The average Bonchev–Trinajstić information content (AvgIpc) is 3.09. The molecule has 2 N–H and O–H groups in total. The molecule has 2 amide bonds. The number of amides is 2. The molecule has 18 heteroatoms. The molecule has 0 fully saturated rings. The molecule has 0 spiro atoms. The predicted octanol–water partition coefficient (Wildman–Crippen LogP) is 2.74. The molecule has 0 aliphatic rings. The van der Waals surface area contributed by atoms with E-state index in [1.54, 1.807) is 0 Å². The fourth-order valence-electron chi connectivity index (χ4n) is 4.14. The van der Waals surface area contributed by atoms with Crippen molar-refractivity contribution in [3.05, 3.63) is 78.9 Å². The molecule has 0 aliphatic heterocycles. The zero-order chi connectivity index (χ0) is 38.3. The van der Waals surface area contributed by atoms with Crippen LogP contribution in [0.1, 0.15) is 59.5 Å². The molecule has 51 heavy (non-hydrogen) atoms. The van der Waals surface area contributed by atoms with Gasteiger partial charge in [-0.3, -0.25) is 29.8 Å².